The van der Waals surface area contributed by atoms with E-state index in [2.05, 4.69) is 32.7 Å². The molecule has 0 aromatic carbocycles. The molecule has 2 spiro atoms. The van der Waals surface area contributed by atoms with Gasteiger partial charge in [-0.3, -0.25) is 4.90 Å². The van der Waals surface area contributed by atoms with Crippen LogP contribution in [0.3, 0.4) is 0 Å². The predicted molar refractivity (Wildman–Crippen MR) is 109 cm³/mol. The summed E-state index contributed by atoms with van der Waals surface area (Å²) in [5, 5.41) is 10.4. The molecule has 0 bridgehead atoms. The lowest BCUT2D eigenvalue weighted by Crippen LogP contribution is -2.78. The van der Waals surface area contributed by atoms with E-state index in [9.17, 15) is 0 Å². The maximum atomic E-state index is 3.51. The predicted octanol–water partition coefficient (Wildman–Crippen LogP) is 1.26. The van der Waals surface area contributed by atoms with Crippen LogP contribution in [0.5, 0.6) is 0 Å². The molecule has 5 nitrogen and oxygen atoms in total. The van der Waals surface area contributed by atoms with E-state index in [1.165, 1.54) is 110 Å². The van der Waals surface area contributed by atoms with Crippen molar-refractivity contribution in [1.82, 2.24) is 25.8 Å². The molecular weight excluding hydrogens is 322 g/mol. The molecule has 0 radical (unpaired) electrons. The Bertz CT molecular complexity index is 422. The van der Waals surface area contributed by atoms with Gasteiger partial charge in [-0.25, -0.2) is 0 Å². The van der Waals surface area contributed by atoms with Gasteiger partial charge in [-0.2, -0.15) is 0 Å². The zero-order valence-electron chi connectivity index (χ0n) is 17.0. The van der Waals surface area contributed by atoms with Gasteiger partial charge in [0.2, 0.25) is 0 Å². The number of rotatable bonds is 3. The van der Waals surface area contributed by atoms with Crippen LogP contribution in [0.1, 0.15) is 51.9 Å². The second-order valence-electron chi connectivity index (χ2n) is 9.52. The highest BCUT2D eigenvalue weighted by atomic mass is 15.4. The number of nitrogens with one attached hydrogen (secondary N) is 3. The van der Waals surface area contributed by atoms with Crippen molar-refractivity contribution in [2.24, 2.45) is 5.41 Å². The van der Waals surface area contributed by atoms with Crippen molar-refractivity contribution in [2.75, 3.05) is 65.4 Å². The molecule has 5 heterocycles. The lowest BCUT2D eigenvalue weighted by atomic mass is 9.77. The number of nitrogens with zero attached hydrogens (tertiary/aromatic N) is 2. The average molecular weight is 364 g/mol. The van der Waals surface area contributed by atoms with Gasteiger partial charge in [-0.05, 0) is 89.6 Å². The van der Waals surface area contributed by atoms with Crippen LogP contribution in [0.15, 0.2) is 0 Å². The van der Waals surface area contributed by atoms with E-state index in [1.807, 2.05) is 0 Å². The van der Waals surface area contributed by atoms with Crippen LogP contribution in [-0.4, -0.2) is 86.8 Å². The van der Waals surface area contributed by atoms with E-state index in [-0.39, 0.29) is 0 Å². The summed E-state index contributed by atoms with van der Waals surface area (Å²) in [5.74, 6) is 0. The van der Waals surface area contributed by atoms with E-state index >= 15 is 0 Å². The molecule has 5 aliphatic heterocycles. The van der Waals surface area contributed by atoms with Gasteiger partial charge in [0.25, 0.3) is 0 Å². The van der Waals surface area contributed by atoms with Crippen LogP contribution in [-0.2, 0) is 0 Å². The highest BCUT2D eigenvalue weighted by Crippen LogP contribution is 2.38. The van der Waals surface area contributed by atoms with Gasteiger partial charge in [-0.15, -0.1) is 0 Å². The molecule has 5 aliphatic rings. The second kappa shape index (κ2) is 8.44. The Morgan fingerprint density at radius 2 is 1.58 bits per heavy atom. The molecule has 5 fully saturated rings. The highest BCUT2D eigenvalue weighted by molar-refractivity contribution is 5.11. The van der Waals surface area contributed by atoms with Crippen molar-refractivity contribution < 1.29 is 0 Å². The molecule has 0 aliphatic carbocycles. The molecule has 0 aromatic heterocycles. The molecule has 26 heavy (non-hydrogen) atoms. The monoisotopic (exact) mass is 363 g/mol. The summed E-state index contributed by atoms with van der Waals surface area (Å²) in [5.41, 5.74) is 1.31. The van der Waals surface area contributed by atoms with Gasteiger partial charge in [0.05, 0.1) is 0 Å². The van der Waals surface area contributed by atoms with Crippen LogP contribution in [0.25, 0.3) is 0 Å². The van der Waals surface area contributed by atoms with Gasteiger partial charge in [0, 0.05) is 37.8 Å². The largest absolute Gasteiger partial charge is 0.317 e. The third kappa shape index (κ3) is 3.97. The van der Waals surface area contributed by atoms with Gasteiger partial charge >= 0.3 is 0 Å². The minimum absolute atomic E-state index is 0.613. The zero-order valence-corrected chi connectivity index (χ0v) is 17.0. The summed E-state index contributed by atoms with van der Waals surface area (Å²) >= 11 is 0. The van der Waals surface area contributed by atoms with Crippen LogP contribution < -0.4 is 16.0 Å². The molecule has 0 atom stereocenters. The fourth-order valence-electron chi connectivity index (χ4n) is 5.83. The van der Waals surface area contributed by atoms with Gasteiger partial charge < -0.3 is 20.9 Å². The Morgan fingerprint density at radius 3 is 2.08 bits per heavy atom. The molecule has 0 saturated carbocycles. The van der Waals surface area contributed by atoms with Crippen molar-refractivity contribution in [1.29, 1.82) is 0 Å². The van der Waals surface area contributed by atoms with Crippen molar-refractivity contribution >= 4 is 0 Å². The summed E-state index contributed by atoms with van der Waals surface area (Å²) in [7, 11) is 0. The second-order valence-corrected chi connectivity index (χ2v) is 9.52. The SMILES string of the molecule is C1CC(N2CCC23CNC3)CCN1.CCCN1CCC2(CCNC2)CC1. The summed E-state index contributed by atoms with van der Waals surface area (Å²) in [6.45, 7) is 15.1. The zero-order chi connectivity index (χ0) is 17.9. The first-order chi connectivity index (χ1) is 12.8. The first-order valence-corrected chi connectivity index (χ1v) is 11.4. The van der Waals surface area contributed by atoms with Gasteiger partial charge in [-0.1, -0.05) is 6.92 Å². The molecule has 5 rings (SSSR count). The van der Waals surface area contributed by atoms with Crippen molar-refractivity contribution in [3.8, 4) is 0 Å². The van der Waals surface area contributed by atoms with Crippen molar-refractivity contribution in [3.63, 3.8) is 0 Å². The Balaban J connectivity index is 0.000000129. The quantitative estimate of drug-likeness (QED) is 0.704. The number of hydrogen-bond acceptors (Lipinski definition) is 5. The van der Waals surface area contributed by atoms with E-state index in [4.69, 9.17) is 0 Å². The first-order valence-electron chi connectivity index (χ1n) is 11.4. The van der Waals surface area contributed by atoms with Crippen LogP contribution in [0, 0.1) is 5.41 Å². The lowest BCUT2D eigenvalue weighted by molar-refractivity contribution is -0.0896. The van der Waals surface area contributed by atoms with Gasteiger partial charge in [0.1, 0.15) is 0 Å². The van der Waals surface area contributed by atoms with E-state index in [1.54, 1.807) is 0 Å². The smallest absolute Gasteiger partial charge is 0.0473 e. The number of piperidine rings is 2. The summed E-state index contributed by atoms with van der Waals surface area (Å²) < 4.78 is 0. The Kier molecular flexibility index (Phi) is 6.21. The third-order valence-electron chi connectivity index (χ3n) is 7.87. The fourth-order valence-corrected chi connectivity index (χ4v) is 5.83. The molecule has 5 heteroatoms. The van der Waals surface area contributed by atoms with Crippen LogP contribution in [0.2, 0.25) is 0 Å². The van der Waals surface area contributed by atoms with E-state index in [0.29, 0.717) is 11.0 Å². The Morgan fingerprint density at radius 1 is 0.808 bits per heavy atom. The maximum absolute atomic E-state index is 3.51. The van der Waals surface area contributed by atoms with Crippen LogP contribution >= 0.6 is 0 Å². The molecule has 150 valence electrons. The van der Waals surface area contributed by atoms with Crippen LogP contribution in [0.4, 0.5) is 0 Å². The number of hydrogen-bond donors (Lipinski definition) is 3. The van der Waals surface area contributed by atoms with Crippen molar-refractivity contribution in [2.45, 2.75) is 63.5 Å². The first kappa shape index (κ1) is 19.1. The minimum atomic E-state index is 0.613. The maximum Gasteiger partial charge on any atom is 0.0473 e. The van der Waals surface area contributed by atoms with E-state index < -0.39 is 0 Å². The Labute approximate surface area is 160 Å². The number of likely N-dealkylation sites (tertiary alicyclic amines) is 2. The Hall–Kier alpha value is -0.200. The standard InChI is InChI=1S/C11H22N2.C10H19N3/c1-2-7-13-8-4-11(5-9-13)3-6-12-10-11;1-4-11-5-2-9(1)13-6-3-10(13)7-12-8-10/h12H,2-10H2,1H3;9,11-12H,1-8H2. The summed E-state index contributed by atoms with van der Waals surface area (Å²) in [6, 6.07) is 0.886. The third-order valence-corrected chi connectivity index (χ3v) is 7.87. The highest BCUT2D eigenvalue weighted by Gasteiger charge is 2.51. The molecule has 3 N–H and O–H groups in total. The molecule has 5 saturated heterocycles. The fraction of sp³-hybridized carbons (Fsp3) is 1.00. The minimum Gasteiger partial charge on any atom is -0.317 e. The summed E-state index contributed by atoms with van der Waals surface area (Å²) in [4.78, 5) is 5.40. The summed E-state index contributed by atoms with van der Waals surface area (Å²) in [6.07, 6.45) is 9.76. The average Bonchev–Trinajstić information content (AvgIpc) is 3.05. The van der Waals surface area contributed by atoms with E-state index in [0.717, 1.165) is 6.04 Å². The molecule has 0 amide bonds. The molecule has 0 aromatic rings. The topological polar surface area (TPSA) is 42.6 Å². The lowest BCUT2D eigenvalue weighted by Gasteiger charge is -2.62. The molecular formula is C21H41N5. The van der Waals surface area contributed by atoms with Crippen molar-refractivity contribution in [3.05, 3.63) is 0 Å². The molecule has 0 unspecified atom stereocenters. The normalized spacial score (nSPS) is 31.3. The van der Waals surface area contributed by atoms with Gasteiger partial charge in [0.15, 0.2) is 0 Å².